The summed E-state index contributed by atoms with van der Waals surface area (Å²) < 4.78 is 7.21. The summed E-state index contributed by atoms with van der Waals surface area (Å²) >= 11 is 0. The van der Waals surface area contributed by atoms with Gasteiger partial charge >= 0.3 is 5.97 Å². The van der Waals surface area contributed by atoms with E-state index in [0.29, 0.717) is 27.9 Å². The Morgan fingerprint density at radius 2 is 2.13 bits per heavy atom. The zero-order valence-electron chi connectivity index (χ0n) is 17.7. The molecular formula is C24H29N3O4. The van der Waals surface area contributed by atoms with Crippen LogP contribution in [0.2, 0.25) is 0 Å². The van der Waals surface area contributed by atoms with E-state index in [0.717, 1.165) is 24.3 Å². The third-order valence-electron chi connectivity index (χ3n) is 8.70. The second-order valence-electron chi connectivity index (χ2n) is 10.5. The third-order valence-corrected chi connectivity index (χ3v) is 8.70. The number of aromatic nitrogens is 2. The number of nitrogens with zero attached hydrogens (tertiary/aromatic N) is 2. The highest BCUT2D eigenvalue weighted by atomic mass is 16.5. The number of hydrogen-bond acceptors (Lipinski definition) is 4. The lowest BCUT2D eigenvalue weighted by atomic mass is 9.55. The van der Waals surface area contributed by atoms with E-state index in [4.69, 9.17) is 9.84 Å². The van der Waals surface area contributed by atoms with Gasteiger partial charge in [-0.15, -0.1) is 0 Å². The first-order valence-corrected chi connectivity index (χ1v) is 11.5. The molecule has 2 N–H and O–H groups in total. The Bertz CT molecular complexity index is 1060. The van der Waals surface area contributed by atoms with Crippen molar-refractivity contribution in [3.63, 3.8) is 0 Å². The minimum Gasteiger partial charge on any atom is -0.481 e. The van der Waals surface area contributed by atoms with E-state index in [9.17, 15) is 9.59 Å². The van der Waals surface area contributed by atoms with Crippen molar-refractivity contribution in [2.75, 3.05) is 13.2 Å². The van der Waals surface area contributed by atoms with E-state index < -0.39 is 5.97 Å². The van der Waals surface area contributed by atoms with Crippen molar-refractivity contribution in [1.29, 1.82) is 0 Å². The molecule has 1 spiro atoms. The van der Waals surface area contributed by atoms with Crippen LogP contribution < -0.4 is 5.32 Å². The Labute approximate surface area is 181 Å². The molecule has 0 saturated heterocycles. The van der Waals surface area contributed by atoms with Gasteiger partial charge in [0.25, 0.3) is 5.91 Å². The number of nitrogens with one attached hydrogen (secondary N) is 1. The van der Waals surface area contributed by atoms with Crippen LogP contribution in [0.15, 0.2) is 24.4 Å². The summed E-state index contributed by atoms with van der Waals surface area (Å²) in [5.41, 5.74) is 2.90. The Morgan fingerprint density at radius 1 is 1.23 bits per heavy atom. The van der Waals surface area contributed by atoms with Crippen molar-refractivity contribution in [1.82, 2.24) is 14.7 Å². The number of carboxylic acids is 1. The van der Waals surface area contributed by atoms with Gasteiger partial charge in [-0.3, -0.25) is 14.0 Å². The van der Waals surface area contributed by atoms with Crippen LogP contribution in [-0.4, -0.2) is 39.5 Å². The maximum atomic E-state index is 13.1. The maximum Gasteiger partial charge on any atom is 0.305 e. The SMILES string of the molecule is O=C(O)CCOCc1cn2c(C(=O)NCC34CC5CC6CC(C3)C6(C5)C4)cccc2n1. The van der Waals surface area contributed by atoms with Crippen molar-refractivity contribution in [2.24, 2.45) is 28.6 Å². The molecule has 2 heterocycles. The molecule has 7 heteroatoms. The van der Waals surface area contributed by atoms with Gasteiger partial charge in [0.2, 0.25) is 0 Å². The normalized spacial score (nSPS) is 34.6. The predicted molar refractivity (Wildman–Crippen MR) is 112 cm³/mol. The van der Waals surface area contributed by atoms with Crippen molar-refractivity contribution < 1.29 is 19.4 Å². The predicted octanol–water partition coefficient (Wildman–Crippen LogP) is 3.27. The number of fused-ring (bicyclic) bond motifs is 3. The second-order valence-corrected chi connectivity index (χ2v) is 10.5. The second kappa shape index (κ2) is 6.79. The number of carbonyl (C=O) groups is 2. The molecule has 5 atom stereocenters. The fourth-order valence-electron chi connectivity index (χ4n) is 7.75. The van der Waals surface area contributed by atoms with Crippen LogP contribution in [0.25, 0.3) is 5.65 Å². The molecule has 4 aliphatic rings. The van der Waals surface area contributed by atoms with Gasteiger partial charge in [-0.1, -0.05) is 6.07 Å². The standard InChI is InChI=1S/C24H29N3O4/c28-21(29)4-5-31-12-18-11-27-19(2-1-3-20(27)26-18)22(30)25-14-23-8-15-6-16-7-17(10-23)24(16,9-15)13-23/h1-3,11,15-17H,4-10,12-14H2,(H,25,30)(H,28,29). The average Bonchev–Trinajstić information content (AvgIpc) is 3.30. The highest BCUT2D eigenvalue weighted by Crippen LogP contribution is 2.78. The molecular weight excluding hydrogens is 394 g/mol. The quantitative estimate of drug-likeness (QED) is 0.636. The minimum atomic E-state index is -0.884. The molecule has 164 valence electrons. The van der Waals surface area contributed by atoms with Crippen LogP contribution in [0, 0.1) is 28.6 Å². The zero-order valence-corrected chi connectivity index (χ0v) is 17.7. The first kappa shape index (κ1) is 19.3. The lowest BCUT2D eigenvalue weighted by Crippen LogP contribution is -2.43. The molecule has 4 aliphatic carbocycles. The smallest absolute Gasteiger partial charge is 0.305 e. The van der Waals surface area contributed by atoms with Crippen LogP contribution >= 0.6 is 0 Å². The summed E-state index contributed by atoms with van der Waals surface area (Å²) in [4.78, 5) is 28.3. The van der Waals surface area contributed by atoms with Gasteiger partial charge in [0.15, 0.2) is 0 Å². The van der Waals surface area contributed by atoms with Gasteiger partial charge in [0.05, 0.1) is 25.3 Å². The van der Waals surface area contributed by atoms with E-state index >= 15 is 0 Å². The lowest BCUT2D eigenvalue weighted by molar-refractivity contribution is -0.138. The molecule has 2 aromatic heterocycles. The molecule has 0 aliphatic heterocycles. The number of hydrogen-bond donors (Lipinski definition) is 2. The van der Waals surface area contributed by atoms with Gasteiger partial charge in [-0.25, -0.2) is 4.98 Å². The molecule has 6 rings (SSSR count). The molecule has 5 unspecified atom stereocenters. The van der Waals surface area contributed by atoms with Gasteiger partial charge < -0.3 is 15.2 Å². The fraction of sp³-hybridized carbons (Fsp3) is 0.625. The fourth-order valence-corrected chi connectivity index (χ4v) is 7.75. The maximum absolute atomic E-state index is 13.1. The average molecular weight is 424 g/mol. The molecule has 31 heavy (non-hydrogen) atoms. The Hall–Kier alpha value is -2.41. The number of carbonyl (C=O) groups excluding carboxylic acids is 1. The number of imidazole rings is 1. The van der Waals surface area contributed by atoms with Gasteiger partial charge in [-0.05, 0) is 79.2 Å². The van der Waals surface area contributed by atoms with Gasteiger partial charge in [0.1, 0.15) is 11.3 Å². The molecule has 3 bridgehead atoms. The summed E-state index contributed by atoms with van der Waals surface area (Å²) in [7, 11) is 0. The third kappa shape index (κ3) is 3.00. The van der Waals surface area contributed by atoms with Crippen LogP contribution in [0.3, 0.4) is 0 Å². The molecule has 1 amide bonds. The molecule has 7 nitrogen and oxygen atoms in total. The van der Waals surface area contributed by atoms with Gasteiger partial charge in [0, 0.05) is 12.7 Å². The molecule has 4 fully saturated rings. The molecule has 2 aromatic rings. The topological polar surface area (TPSA) is 92.9 Å². The molecule has 4 saturated carbocycles. The number of aliphatic carboxylic acids is 1. The first-order chi connectivity index (χ1) is 15.0. The molecule has 0 radical (unpaired) electrons. The summed E-state index contributed by atoms with van der Waals surface area (Å²) in [6.07, 6.45) is 9.98. The van der Waals surface area contributed by atoms with Crippen LogP contribution in [0.1, 0.15) is 61.1 Å². The summed E-state index contributed by atoms with van der Waals surface area (Å²) in [5, 5.41) is 12.0. The van der Waals surface area contributed by atoms with Gasteiger partial charge in [-0.2, -0.15) is 0 Å². The summed E-state index contributed by atoms with van der Waals surface area (Å²) in [5.74, 6) is 1.82. The highest BCUT2D eigenvalue weighted by Gasteiger charge is 2.70. The lowest BCUT2D eigenvalue weighted by Gasteiger charge is -2.49. The minimum absolute atomic E-state index is 0.0352. The number of pyridine rings is 1. The monoisotopic (exact) mass is 423 g/mol. The van der Waals surface area contributed by atoms with Crippen molar-refractivity contribution in [2.45, 2.75) is 51.6 Å². The van der Waals surface area contributed by atoms with E-state index in [2.05, 4.69) is 10.3 Å². The van der Waals surface area contributed by atoms with Crippen LogP contribution in [0.5, 0.6) is 0 Å². The Kier molecular flexibility index (Phi) is 4.23. The Balaban J connectivity index is 1.14. The first-order valence-electron chi connectivity index (χ1n) is 11.5. The number of ether oxygens (including phenoxy) is 1. The number of rotatable bonds is 8. The van der Waals surface area contributed by atoms with E-state index in [-0.39, 0.29) is 25.5 Å². The van der Waals surface area contributed by atoms with Crippen molar-refractivity contribution in [3.05, 3.63) is 35.8 Å². The van der Waals surface area contributed by atoms with E-state index in [1.165, 1.54) is 38.5 Å². The Morgan fingerprint density at radius 3 is 3.00 bits per heavy atom. The van der Waals surface area contributed by atoms with Crippen molar-refractivity contribution in [3.8, 4) is 0 Å². The highest BCUT2D eigenvalue weighted by molar-refractivity contribution is 5.93. The van der Waals surface area contributed by atoms with Crippen molar-refractivity contribution >= 4 is 17.5 Å². The number of carboxylic acid groups (broad SMARTS) is 1. The van der Waals surface area contributed by atoms with Crippen LogP contribution in [0.4, 0.5) is 0 Å². The molecule has 0 aromatic carbocycles. The largest absolute Gasteiger partial charge is 0.481 e. The summed E-state index contributed by atoms with van der Waals surface area (Å²) in [6, 6.07) is 5.54. The van der Waals surface area contributed by atoms with E-state index in [1.807, 2.05) is 24.4 Å². The summed E-state index contributed by atoms with van der Waals surface area (Å²) in [6.45, 7) is 1.15. The zero-order chi connectivity index (χ0) is 21.2. The van der Waals surface area contributed by atoms with Crippen LogP contribution in [-0.2, 0) is 16.1 Å². The number of amides is 1. The van der Waals surface area contributed by atoms with E-state index in [1.54, 1.807) is 4.40 Å².